The Bertz CT molecular complexity index is 857. The van der Waals surface area contributed by atoms with Crippen LogP contribution in [-0.4, -0.2) is 26.4 Å². The molecule has 0 atom stereocenters. The van der Waals surface area contributed by atoms with Gasteiger partial charge < -0.3 is 4.98 Å². The minimum absolute atomic E-state index is 0.00804. The second-order valence-electron chi connectivity index (χ2n) is 7.62. The van der Waals surface area contributed by atoms with Gasteiger partial charge in [0.15, 0.2) is 0 Å². The lowest BCUT2D eigenvalue weighted by Gasteiger charge is -2.29. The zero-order valence-corrected chi connectivity index (χ0v) is 15.2. The van der Waals surface area contributed by atoms with Crippen molar-refractivity contribution in [3.05, 3.63) is 56.8 Å². The van der Waals surface area contributed by atoms with Crippen LogP contribution in [0, 0.1) is 12.9 Å². The molecule has 2 aromatic rings. The third-order valence-corrected chi connectivity index (χ3v) is 5.64. The molecule has 3 heterocycles. The Morgan fingerprint density at radius 2 is 2.12 bits per heavy atom. The fourth-order valence-corrected chi connectivity index (χ4v) is 4.17. The number of aromatic amines is 1. The number of hydrogen-bond acceptors (Lipinski definition) is 4. The number of aryl methyl sites for hydroxylation is 1. The summed E-state index contributed by atoms with van der Waals surface area (Å²) in [7, 11) is 0. The predicted octanol–water partition coefficient (Wildman–Crippen LogP) is 3.22. The van der Waals surface area contributed by atoms with Gasteiger partial charge in [0.05, 0.1) is 11.3 Å². The smallest absolute Gasteiger partial charge is 0.255 e. The monoisotopic (exact) mass is 356 g/mol. The molecule has 6 heteroatoms. The van der Waals surface area contributed by atoms with E-state index in [1.54, 1.807) is 13.1 Å². The molecular weight excluding hydrogens is 331 g/mol. The van der Waals surface area contributed by atoms with Crippen LogP contribution in [0.3, 0.4) is 0 Å². The highest BCUT2D eigenvalue weighted by molar-refractivity contribution is 5.23. The standard InChI is InChI=1S/C20H25FN4O/c1-13-9-14(10-22-18(13)21)11-25-8-7-17-16(12-25)20(26)24-19(23-17)15-5-3-2-4-6-15/h9-10,15H,2-8,11-12H2,1H3,(H,23,24,26). The Morgan fingerprint density at radius 1 is 1.31 bits per heavy atom. The fraction of sp³-hybridized carbons (Fsp3) is 0.550. The Kier molecular flexibility index (Phi) is 4.85. The molecule has 1 saturated carbocycles. The molecule has 4 rings (SSSR count). The lowest BCUT2D eigenvalue weighted by atomic mass is 9.88. The first-order valence-electron chi connectivity index (χ1n) is 9.55. The lowest BCUT2D eigenvalue weighted by molar-refractivity contribution is 0.240. The fourth-order valence-electron chi connectivity index (χ4n) is 4.17. The van der Waals surface area contributed by atoms with Crippen LogP contribution in [0.15, 0.2) is 17.1 Å². The van der Waals surface area contributed by atoms with Gasteiger partial charge in [-0.1, -0.05) is 19.3 Å². The molecule has 0 radical (unpaired) electrons. The largest absolute Gasteiger partial charge is 0.310 e. The molecule has 26 heavy (non-hydrogen) atoms. The molecule has 1 aliphatic carbocycles. The SMILES string of the molecule is Cc1cc(CN2CCc3nc(C4CCCCC4)[nH]c(=O)c3C2)cnc1F. The van der Waals surface area contributed by atoms with Crippen LogP contribution >= 0.6 is 0 Å². The van der Waals surface area contributed by atoms with Crippen LogP contribution < -0.4 is 5.56 Å². The quantitative estimate of drug-likeness (QED) is 0.858. The summed E-state index contributed by atoms with van der Waals surface area (Å²) in [5, 5.41) is 0. The van der Waals surface area contributed by atoms with E-state index < -0.39 is 5.95 Å². The topological polar surface area (TPSA) is 61.9 Å². The summed E-state index contributed by atoms with van der Waals surface area (Å²) < 4.78 is 13.3. The number of fused-ring (bicyclic) bond motifs is 1. The number of H-pyrrole nitrogens is 1. The molecule has 138 valence electrons. The molecular formula is C20H25FN4O. The van der Waals surface area contributed by atoms with Crippen molar-refractivity contribution in [2.75, 3.05) is 6.54 Å². The van der Waals surface area contributed by atoms with Gasteiger partial charge >= 0.3 is 0 Å². The van der Waals surface area contributed by atoms with E-state index in [1.165, 1.54) is 19.3 Å². The van der Waals surface area contributed by atoms with Gasteiger partial charge in [0, 0.05) is 43.7 Å². The summed E-state index contributed by atoms with van der Waals surface area (Å²) in [6.07, 6.45) is 8.36. The average Bonchev–Trinajstić information content (AvgIpc) is 2.66. The molecule has 2 aromatic heterocycles. The second-order valence-corrected chi connectivity index (χ2v) is 7.62. The zero-order valence-electron chi connectivity index (χ0n) is 15.2. The number of hydrogen-bond donors (Lipinski definition) is 1. The van der Waals surface area contributed by atoms with E-state index in [4.69, 9.17) is 4.98 Å². The van der Waals surface area contributed by atoms with Gasteiger partial charge in [-0.2, -0.15) is 4.39 Å². The first-order valence-corrected chi connectivity index (χ1v) is 9.55. The molecule has 0 aromatic carbocycles. The second kappa shape index (κ2) is 7.27. The molecule has 0 spiro atoms. The number of nitrogens with zero attached hydrogens (tertiary/aromatic N) is 3. The maximum Gasteiger partial charge on any atom is 0.255 e. The number of halogens is 1. The van der Waals surface area contributed by atoms with Crippen molar-refractivity contribution in [2.45, 2.75) is 64.5 Å². The van der Waals surface area contributed by atoms with Gasteiger partial charge in [-0.25, -0.2) is 9.97 Å². The molecule has 0 saturated heterocycles. The molecule has 0 amide bonds. The van der Waals surface area contributed by atoms with E-state index in [2.05, 4.69) is 14.9 Å². The summed E-state index contributed by atoms with van der Waals surface area (Å²) >= 11 is 0. The minimum Gasteiger partial charge on any atom is -0.310 e. The third-order valence-electron chi connectivity index (χ3n) is 5.64. The Hall–Kier alpha value is -2.08. The van der Waals surface area contributed by atoms with E-state index in [0.717, 1.165) is 48.5 Å². The van der Waals surface area contributed by atoms with Crippen LogP contribution in [-0.2, 0) is 19.5 Å². The van der Waals surface area contributed by atoms with Crippen molar-refractivity contribution in [3.8, 4) is 0 Å². The van der Waals surface area contributed by atoms with Crippen molar-refractivity contribution < 1.29 is 4.39 Å². The highest BCUT2D eigenvalue weighted by Gasteiger charge is 2.24. The molecule has 0 unspecified atom stereocenters. The minimum atomic E-state index is -0.423. The van der Waals surface area contributed by atoms with Gasteiger partial charge in [-0.15, -0.1) is 0 Å². The maximum absolute atomic E-state index is 13.3. The first-order chi connectivity index (χ1) is 12.6. The van der Waals surface area contributed by atoms with E-state index >= 15 is 0 Å². The van der Waals surface area contributed by atoms with E-state index in [9.17, 15) is 9.18 Å². The van der Waals surface area contributed by atoms with Crippen molar-refractivity contribution in [1.82, 2.24) is 19.9 Å². The Labute approximate surface area is 152 Å². The first kappa shape index (κ1) is 17.3. The highest BCUT2D eigenvalue weighted by Crippen LogP contribution is 2.30. The van der Waals surface area contributed by atoms with Crippen LogP contribution in [0.5, 0.6) is 0 Å². The number of aromatic nitrogens is 3. The van der Waals surface area contributed by atoms with Crippen molar-refractivity contribution in [1.29, 1.82) is 0 Å². The van der Waals surface area contributed by atoms with Crippen LogP contribution in [0.2, 0.25) is 0 Å². The predicted molar refractivity (Wildman–Crippen MR) is 97.4 cm³/mol. The normalized spacial score (nSPS) is 18.7. The Balaban J connectivity index is 1.51. The zero-order chi connectivity index (χ0) is 18.1. The number of nitrogens with one attached hydrogen (secondary N) is 1. The van der Waals surface area contributed by atoms with Gasteiger partial charge in [0.25, 0.3) is 5.56 Å². The summed E-state index contributed by atoms with van der Waals surface area (Å²) in [4.78, 5) is 26.5. The third kappa shape index (κ3) is 3.56. The van der Waals surface area contributed by atoms with Crippen LogP contribution in [0.1, 0.15) is 66.2 Å². The Morgan fingerprint density at radius 3 is 2.88 bits per heavy atom. The molecule has 2 aliphatic rings. The van der Waals surface area contributed by atoms with Crippen LogP contribution in [0.25, 0.3) is 0 Å². The maximum atomic E-state index is 13.3. The van der Waals surface area contributed by atoms with Gasteiger partial charge in [0.1, 0.15) is 5.82 Å². The van der Waals surface area contributed by atoms with Crippen molar-refractivity contribution in [2.24, 2.45) is 0 Å². The highest BCUT2D eigenvalue weighted by atomic mass is 19.1. The number of rotatable bonds is 3. The molecule has 1 fully saturated rings. The lowest BCUT2D eigenvalue weighted by Crippen LogP contribution is -2.36. The van der Waals surface area contributed by atoms with Crippen LogP contribution in [0.4, 0.5) is 4.39 Å². The molecule has 1 aliphatic heterocycles. The average molecular weight is 356 g/mol. The van der Waals surface area contributed by atoms with E-state index in [-0.39, 0.29) is 5.56 Å². The van der Waals surface area contributed by atoms with Crippen molar-refractivity contribution in [3.63, 3.8) is 0 Å². The van der Waals surface area contributed by atoms with E-state index in [0.29, 0.717) is 24.6 Å². The summed E-state index contributed by atoms with van der Waals surface area (Å²) in [5.74, 6) is 0.877. The van der Waals surface area contributed by atoms with E-state index in [1.807, 2.05) is 6.07 Å². The summed E-state index contributed by atoms with van der Waals surface area (Å²) in [6, 6.07) is 1.83. The number of pyridine rings is 1. The molecule has 0 bridgehead atoms. The van der Waals surface area contributed by atoms with Crippen molar-refractivity contribution >= 4 is 0 Å². The van der Waals surface area contributed by atoms with Gasteiger partial charge in [-0.05, 0) is 31.4 Å². The van der Waals surface area contributed by atoms with Gasteiger partial charge in [0.2, 0.25) is 5.95 Å². The molecule has 1 N–H and O–H groups in total. The van der Waals surface area contributed by atoms with Gasteiger partial charge in [-0.3, -0.25) is 9.69 Å². The summed E-state index contributed by atoms with van der Waals surface area (Å²) in [6.45, 7) is 3.82. The summed E-state index contributed by atoms with van der Waals surface area (Å²) in [5.41, 5.74) is 3.27. The molecule has 5 nitrogen and oxygen atoms in total.